The third-order valence-corrected chi connectivity index (χ3v) is 5.06. The third kappa shape index (κ3) is 7.55. The summed E-state index contributed by atoms with van der Waals surface area (Å²) in [7, 11) is 1.46. The van der Waals surface area contributed by atoms with E-state index in [0.29, 0.717) is 24.5 Å². The molecule has 2 aromatic rings. The molecule has 0 radical (unpaired) electrons. The number of halogens is 1. The van der Waals surface area contributed by atoms with Crippen molar-refractivity contribution in [3.63, 3.8) is 0 Å². The van der Waals surface area contributed by atoms with Gasteiger partial charge in [0.1, 0.15) is 31.0 Å². The summed E-state index contributed by atoms with van der Waals surface area (Å²) in [6.07, 6.45) is 6.41. The first-order valence-electron chi connectivity index (χ1n) is 10.5. The van der Waals surface area contributed by atoms with Gasteiger partial charge in [-0.3, -0.25) is 4.79 Å². The number of carbonyl (C=O) groups is 1. The highest BCUT2D eigenvalue weighted by Crippen LogP contribution is 2.20. The molecule has 2 aromatic carbocycles. The Morgan fingerprint density at radius 1 is 1.21 bits per heavy atom. The van der Waals surface area contributed by atoms with Crippen molar-refractivity contribution in [2.24, 2.45) is 10.9 Å². The van der Waals surface area contributed by atoms with Crippen LogP contribution in [0.2, 0.25) is 0 Å². The molecule has 2 atom stereocenters. The van der Waals surface area contributed by atoms with Gasteiger partial charge in [0.25, 0.3) is 0 Å². The lowest BCUT2D eigenvalue weighted by atomic mass is 10.0. The number of hydrogen-bond acceptors (Lipinski definition) is 6. The number of ether oxygens (including phenoxy) is 2. The van der Waals surface area contributed by atoms with Crippen LogP contribution in [-0.4, -0.2) is 43.2 Å². The second-order valence-corrected chi connectivity index (χ2v) is 7.51. The van der Waals surface area contributed by atoms with E-state index in [0.717, 1.165) is 16.7 Å². The number of rotatable bonds is 11. The Labute approximate surface area is 191 Å². The lowest BCUT2D eigenvalue weighted by Gasteiger charge is -2.18. The van der Waals surface area contributed by atoms with Crippen LogP contribution in [0.25, 0.3) is 0 Å². The molecule has 8 heteroatoms. The highest BCUT2D eigenvalue weighted by Gasteiger charge is 2.14. The van der Waals surface area contributed by atoms with Crippen LogP contribution in [0.15, 0.2) is 77.5 Å². The molecule has 0 saturated carbocycles. The van der Waals surface area contributed by atoms with Crippen molar-refractivity contribution in [3.05, 3.63) is 89.3 Å². The molecular formula is C25H27FN2O5. The van der Waals surface area contributed by atoms with Crippen molar-refractivity contribution < 1.29 is 28.6 Å². The summed E-state index contributed by atoms with van der Waals surface area (Å²) in [6.45, 7) is 0.625. The molecule has 33 heavy (non-hydrogen) atoms. The number of oxime groups is 1. The van der Waals surface area contributed by atoms with Crippen LogP contribution < -0.4 is 10.5 Å². The first-order valence-corrected chi connectivity index (χ1v) is 10.5. The number of nitrogens with zero attached hydrogens (tertiary/aromatic N) is 1. The van der Waals surface area contributed by atoms with E-state index >= 15 is 0 Å². The molecule has 0 saturated heterocycles. The summed E-state index contributed by atoms with van der Waals surface area (Å²) in [6, 6.07) is 12.6. The molecular weight excluding hydrogens is 427 g/mol. The Morgan fingerprint density at radius 2 is 1.94 bits per heavy atom. The van der Waals surface area contributed by atoms with Gasteiger partial charge in [0, 0.05) is 11.6 Å². The van der Waals surface area contributed by atoms with Crippen LogP contribution in [-0.2, 0) is 14.4 Å². The van der Waals surface area contributed by atoms with E-state index in [2.05, 4.69) is 5.16 Å². The summed E-state index contributed by atoms with van der Waals surface area (Å²) in [5.41, 5.74) is 8.95. The molecule has 0 heterocycles. The zero-order valence-electron chi connectivity index (χ0n) is 18.3. The van der Waals surface area contributed by atoms with Crippen molar-refractivity contribution in [3.8, 4) is 5.75 Å². The minimum atomic E-state index is -0.932. The van der Waals surface area contributed by atoms with E-state index < -0.39 is 12.0 Å². The molecule has 0 fully saturated rings. The monoisotopic (exact) mass is 454 g/mol. The molecule has 0 amide bonds. The Hall–Kier alpha value is -3.49. The Balaban J connectivity index is 1.46. The second-order valence-electron chi connectivity index (χ2n) is 7.51. The Bertz CT molecular complexity index is 1020. The standard InChI is InChI=1S/C25H27FN2O5/c1-31-28-24(19-4-8-20(26)9-5-19)16-33-21-10-2-17(3-11-21)15-32-22-12-6-18(7-13-22)23(27)14-25(29)30/h2-10,12-13,21,23H,11,14-16,27H2,1H3,(H,29,30)/b28-24+. The van der Waals surface area contributed by atoms with Gasteiger partial charge in [-0.1, -0.05) is 47.6 Å². The van der Waals surface area contributed by atoms with Crippen molar-refractivity contribution in [1.82, 2.24) is 0 Å². The maximum absolute atomic E-state index is 13.2. The average molecular weight is 454 g/mol. The minimum Gasteiger partial charge on any atom is -0.489 e. The van der Waals surface area contributed by atoms with Crippen LogP contribution in [0.3, 0.4) is 0 Å². The van der Waals surface area contributed by atoms with Gasteiger partial charge in [0.2, 0.25) is 0 Å². The Kier molecular flexibility index (Phi) is 8.74. The summed E-state index contributed by atoms with van der Waals surface area (Å²) in [4.78, 5) is 15.7. The van der Waals surface area contributed by atoms with E-state index in [1.54, 1.807) is 36.4 Å². The van der Waals surface area contributed by atoms with E-state index in [4.69, 9.17) is 25.2 Å². The first-order chi connectivity index (χ1) is 15.9. The van der Waals surface area contributed by atoms with Gasteiger partial charge in [0.15, 0.2) is 0 Å². The van der Waals surface area contributed by atoms with Gasteiger partial charge in [-0.05, 0) is 41.8 Å². The maximum Gasteiger partial charge on any atom is 0.305 e. The summed E-state index contributed by atoms with van der Waals surface area (Å²) >= 11 is 0. The number of carboxylic acids is 1. The zero-order valence-corrected chi connectivity index (χ0v) is 18.3. The fraction of sp³-hybridized carbons (Fsp3) is 0.280. The van der Waals surface area contributed by atoms with E-state index in [1.165, 1.54) is 19.2 Å². The molecule has 0 aliphatic heterocycles. The number of hydrogen-bond donors (Lipinski definition) is 2. The molecule has 2 unspecified atom stereocenters. The van der Waals surface area contributed by atoms with E-state index in [1.807, 2.05) is 18.2 Å². The number of aliphatic carboxylic acids is 1. The second kappa shape index (κ2) is 11.9. The molecule has 1 aliphatic rings. The van der Waals surface area contributed by atoms with Crippen molar-refractivity contribution in [2.45, 2.75) is 25.0 Å². The van der Waals surface area contributed by atoms with Crippen molar-refractivity contribution in [2.75, 3.05) is 20.3 Å². The van der Waals surface area contributed by atoms with Crippen molar-refractivity contribution in [1.29, 1.82) is 0 Å². The molecule has 3 rings (SSSR count). The topological polar surface area (TPSA) is 103 Å². The normalized spacial score (nSPS) is 16.8. The first kappa shape index (κ1) is 24.2. The fourth-order valence-electron chi connectivity index (χ4n) is 3.26. The highest BCUT2D eigenvalue weighted by atomic mass is 19.1. The summed E-state index contributed by atoms with van der Waals surface area (Å²) in [5.74, 6) is -0.573. The van der Waals surface area contributed by atoms with E-state index in [-0.39, 0.29) is 24.9 Å². The fourth-order valence-corrected chi connectivity index (χ4v) is 3.26. The lowest BCUT2D eigenvalue weighted by molar-refractivity contribution is -0.137. The van der Waals surface area contributed by atoms with Crippen LogP contribution in [0.5, 0.6) is 5.75 Å². The van der Waals surface area contributed by atoms with Crippen LogP contribution in [0, 0.1) is 5.82 Å². The SMILES string of the molecule is CO/N=C(\COC1C=CC(COc2ccc(C(N)CC(=O)O)cc2)=CC1)c1ccc(F)cc1. The van der Waals surface area contributed by atoms with Gasteiger partial charge < -0.3 is 25.2 Å². The third-order valence-electron chi connectivity index (χ3n) is 5.06. The highest BCUT2D eigenvalue weighted by molar-refractivity contribution is 6.01. The predicted molar refractivity (Wildman–Crippen MR) is 123 cm³/mol. The van der Waals surface area contributed by atoms with Crippen LogP contribution in [0.4, 0.5) is 4.39 Å². The van der Waals surface area contributed by atoms with Gasteiger partial charge in [-0.2, -0.15) is 0 Å². The maximum atomic E-state index is 13.2. The number of nitrogens with two attached hydrogens (primary N) is 1. The van der Waals surface area contributed by atoms with Gasteiger partial charge in [0.05, 0.1) is 19.1 Å². The van der Waals surface area contributed by atoms with Gasteiger partial charge in [-0.15, -0.1) is 0 Å². The Morgan fingerprint density at radius 3 is 2.55 bits per heavy atom. The molecule has 3 N–H and O–H groups in total. The summed E-state index contributed by atoms with van der Waals surface area (Å²) < 4.78 is 24.9. The van der Waals surface area contributed by atoms with Gasteiger partial charge >= 0.3 is 5.97 Å². The number of carboxylic acid groups (broad SMARTS) is 1. The summed E-state index contributed by atoms with van der Waals surface area (Å²) in [5, 5.41) is 12.8. The lowest BCUT2D eigenvalue weighted by Crippen LogP contribution is -2.19. The average Bonchev–Trinajstić information content (AvgIpc) is 2.81. The van der Waals surface area contributed by atoms with Crippen LogP contribution >= 0.6 is 0 Å². The minimum absolute atomic E-state index is 0.119. The van der Waals surface area contributed by atoms with E-state index in [9.17, 15) is 9.18 Å². The van der Waals surface area contributed by atoms with Crippen LogP contribution in [0.1, 0.15) is 30.0 Å². The van der Waals surface area contributed by atoms with Gasteiger partial charge in [-0.25, -0.2) is 4.39 Å². The quantitative estimate of drug-likeness (QED) is 0.393. The molecule has 7 nitrogen and oxygen atoms in total. The largest absolute Gasteiger partial charge is 0.489 e. The molecule has 174 valence electrons. The number of benzene rings is 2. The smallest absolute Gasteiger partial charge is 0.305 e. The molecule has 0 aromatic heterocycles. The molecule has 0 bridgehead atoms. The van der Waals surface area contributed by atoms with Crippen molar-refractivity contribution >= 4 is 11.7 Å². The predicted octanol–water partition coefficient (Wildman–Crippen LogP) is 4.00. The molecule has 0 spiro atoms. The zero-order chi connectivity index (χ0) is 23.6. The molecule has 1 aliphatic carbocycles.